The van der Waals surface area contributed by atoms with Gasteiger partial charge in [0.05, 0.1) is 21.2 Å². The van der Waals surface area contributed by atoms with Crippen molar-refractivity contribution in [3.05, 3.63) is 59.1 Å². The number of fused-ring (bicyclic) bond motifs is 1. The summed E-state index contributed by atoms with van der Waals surface area (Å²) in [6, 6.07) is 14.1. The standard InChI is InChI=1S/C21H23N3O3S2/c1-2-22-29(26,27)16-12-10-15(11-13-16)21(25)24-14-6-5-8-18(24)20-23-17-7-3-4-9-19(17)28-20/h3-4,7,9-13,18,22H,2,5-6,8,14H2,1H3. The third kappa shape index (κ3) is 4.05. The van der Waals surface area contributed by atoms with Crippen LogP contribution in [0.5, 0.6) is 0 Å². The Bertz CT molecular complexity index is 1090. The van der Waals surface area contributed by atoms with Gasteiger partial charge in [0.25, 0.3) is 5.91 Å². The fourth-order valence-corrected chi connectivity index (χ4v) is 5.84. The Kier molecular flexibility index (Phi) is 5.67. The van der Waals surface area contributed by atoms with E-state index >= 15 is 0 Å². The molecule has 1 aliphatic rings. The van der Waals surface area contributed by atoms with Crippen molar-refractivity contribution in [1.82, 2.24) is 14.6 Å². The summed E-state index contributed by atoms with van der Waals surface area (Å²) >= 11 is 1.64. The molecule has 0 radical (unpaired) electrons. The number of nitrogens with zero attached hydrogens (tertiary/aromatic N) is 2. The summed E-state index contributed by atoms with van der Waals surface area (Å²) in [5.74, 6) is -0.0821. The minimum Gasteiger partial charge on any atom is -0.329 e. The molecule has 1 amide bonds. The number of aromatic nitrogens is 1. The molecule has 1 atom stereocenters. The topological polar surface area (TPSA) is 79.4 Å². The first kappa shape index (κ1) is 20.0. The Labute approximate surface area is 174 Å². The summed E-state index contributed by atoms with van der Waals surface area (Å²) in [4.78, 5) is 20.0. The minimum absolute atomic E-state index is 0.0428. The van der Waals surface area contributed by atoms with Gasteiger partial charge in [-0.25, -0.2) is 18.1 Å². The summed E-state index contributed by atoms with van der Waals surface area (Å²) < 4.78 is 27.8. The highest BCUT2D eigenvalue weighted by Crippen LogP contribution is 2.36. The first-order chi connectivity index (χ1) is 14.0. The van der Waals surface area contributed by atoms with Crippen molar-refractivity contribution in [3.63, 3.8) is 0 Å². The molecule has 1 fully saturated rings. The molecule has 152 valence electrons. The van der Waals surface area contributed by atoms with E-state index in [2.05, 4.69) is 10.8 Å². The maximum absolute atomic E-state index is 13.2. The third-order valence-electron chi connectivity index (χ3n) is 5.11. The van der Waals surface area contributed by atoms with E-state index < -0.39 is 10.0 Å². The number of likely N-dealkylation sites (tertiary alicyclic amines) is 1. The molecule has 0 bridgehead atoms. The van der Waals surface area contributed by atoms with Gasteiger partial charge in [0.2, 0.25) is 10.0 Å². The number of carbonyl (C=O) groups excluding carboxylic acids is 1. The normalized spacial score (nSPS) is 17.6. The van der Waals surface area contributed by atoms with Gasteiger partial charge in [-0.2, -0.15) is 0 Å². The van der Waals surface area contributed by atoms with Crippen LogP contribution in [0.15, 0.2) is 53.4 Å². The summed E-state index contributed by atoms with van der Waals surface area (Å²) in [5.41, 5.74) is 1.46. The number of sulfonamides is 1. The van der Waals surface area contributed by atoms with Crippen LogP contribution in [0, 0.1) is 0 Å². The molecule has 1 saturated heterocycles. The van der Waals surface area contributed by atoms with E-state index in [9.17, 15) is 13.2 Å². The Hall–Kier alpha value is -2.29. The number of hydrogen-bond acceptors (Lipinski definition) is 5. The molecule has 29 heavy (non-hydrogen) atoms. The summed E-state index contributed by atoms with van der Waals surface area (Å²) in [6.07, 6.45) is 2.91. The lowest BCUT2D eigenvalue weighted by molar-refractivity contribution is 0.0611. The number of carbonyl (C=O) groups is 1. The van der Waals surface area contributed by atoms with Gasteiger partial charge >= 0.3 is 0 Å². The first-order valence-electron chi connectivity index (χ1n) is 9.76. The van der Waals surface area contributed by atoms with E-state index in [1.54, 1.807) is 30.4 Å². The quantitative estimate of drug-likeness (QED) is 0.666. The van der Waals surface area contributed by atoms with Gasteiger partial charge in [0, 0.05) is 18.7 Å². The molecule has 6 nitrogen and oxygen atoms in total. The number of amides is 1. The van der Waals surface area contributed by atoms with Crippen molar-refractivity contribution in [1.29, 1.82) is 0 Å². The van der Waals surface area contributed by atoms with Crippen LogP contribution in [0.2, 0.25) is 0 Å². The second-order valence-electron chi connectivity index (χ2n) is 7.06. The van der Waals surface area contributed by atoms with Crippen LogP contribution in [0.4, 0.5) is 0 Å². The molecule has 4 rings (SSSR count). The average molecular weight is 430 g/mol. The van der Waals surface area contributed by atoms with Crippen LogP contribution in [0.25, 0.3) is 10.2 Å². The maximum atomic E-state index is 13.2. The van der Waals surface area contributed by atoms with Crippen molar-refractivity contribution < 1.29 is 13.2 Å². The first-order valence-corrected chi connectivity index (χ1v) is 12.1. The summed E-state index contributed by atoms with van der Waals surface area (Å²) in [5, 5.41) is 0.964. The van der Waals surface area contributed by atoms with E-state index in [1.165, 1.54) is 12.1 Å². The third-order valence-corrected chi connectivity index (χ3v) is 7.80. The zero-order chi connectivity index (χ0) is 20.4. The molecule has 1 unspecified atom stereocenters. The average Bonchev–Trinajstić information content (AvgIpc) is 3.17. The molecule has 0 spiro atoms. The summed E-state index contributed by atoms with van der Waals surface area (Å²) in [7, 11) is -3.53. The fraction of sp³-hybridized carbons (Fsp3) is 0.333. The number of benzene rings is 2. The molecule has 0 aliphatic carbocycles. The lowest BCUT2D eigenvalue weighted by Gasteiger charge is -2.34. The summed E-state index contributed by atoms with van der Waals surface area (Å²) in [6.45, 7) is 2.73. The van der Waals surface area contributed by atoms with Gasteiger partial charge in [-0.3, -0.25) is 4.79 Å². The van der Waals surface area contributed by atoms with Crippen LogP contribution in [-0.2, 0) is 10.0 Å². The highest BCUT2D eigenvalue weighted by molar-refractivity contribution is 7.89. The van der Waals surface area contributed by atoms with Crippen LogP contribution in [0.1, 0.15) is 47.6 Å². The molecule has 1 aromatic heterocycles. The number of nitrogens with one attached hydrogen (secondary N) is 1. The molecule has 8 heteroatoms. The number of hydrogen-bond donors (Lipinski definition) is 1. The molecule has 0 saturated carbocycles. The monoisotopic (exact) mass is 429 g/mol. The van der Waals surface area contributed by atoms with E-state index in [0.717, 1.165) is 34.5 Å². The lowest BCUT2D eigenvalue weighted by atomic mass is 10.0. The van der Waals surface area contributed by atoms with E-state index in [1.807, 2.05) is 23.1 Å². The minimum atomic E-state index is -3.53. The van der Waals surface area contributed by atoms with Gasteiger partial charge in [0.1, 0.15) is 5.01 Å². The van der Waals surface area contributed by atoms with Crippen molar-refractivity contribution in [2.75, 3.05) is 13.1 Å². The fourth-order valence-electron chi connectivity index (χ4n) is 3.68. The molecule has 2 aromatic carbocycles. The van der Waals surface area contributed by atoms with Crippen LogP contribution < -0.4 is 4.72 Å². The molecular weight excluding hydrogens is 406 g/mol. The maximum Gasteiger partial charge on any atom is 0.254 e. The van der Waals surface area contributed by atoms with Crippen molar-refractivity contribution >= 4 is 37.5 Å². The molecular formula is C21H23N3O3S2. The number of thiazole rings is 1. The van der Waals surface area contributed by atoms with Gasteiger partial charge in [0.15, 0.2) is 0 Å². The SMILES string of the molecule is CCNS(=O)(=O)c1ccc(C(=O)N2CCCCC2c2nc3ccccc3s2)cc1. The highest BCUT2D eigenvalue weighted by atomic mass is 32.2. The van der Waals surface area contributed by atoms with Gasteiger partial charge in [-0.05, 0) is 55.7 Å². The Morgan fingerprint density at radius 1 is 1.17 bits per heavy atom. The molecule has 1 N–H and O–H groups in total. The second-order valence-corrected chi connectivity index (χ2v) is 9.88. The molecule has 3 aromatic rings. The van der Waals surface area contributed by atoms with Crippen molar-refractivity contribution in [3.8, 4) is 0 Å². The smallest absolute Gasteiger partial charge is 0.254 e. The predicted molar refractivity (Wildman–Crippen MR) is 115 cm³/mol. The van der Waals surface area contributed by atoms with E-state index in [4.69, 9.17) is 4.98 Å². The molecule has 2 heterocycles. The Balaban J connectivity index is 1.60. The van der Waals surface area contributed by atoms with E-state index in [0.29, 0.717) is 18.7 Å². The van der Waals surface area contributed by atoms with Crippen LogP contribution >= 0.6 is 11.3 Å². The zero-order valence-electron chi connectivity index (χ0n) is 16.2. The van der Waals surface area contributed by atoms with Gasteiger partial charge in [-0.1, -0.05) is 19.1 Å². The Morgan fingerprint density at radius 2 is 1.93 bits per heavy atom. The van der Waals surface area contributed by atoms with Crippen molar-refractivity contribution in [2.24, 2.45) is 0 Å². The number of para-hydroxylation sites is 1. The zero-order valence-corrected chi connectivity index (χ0v) is 17.8. The van der Waals surface area contributed by atoms with Gasteiger partial charge < -0.3 is 4.90 Å². The van der Waals surface area contributed by atoms with Gasteiger partial charge in [-0.15, -0.1) is 11.3 Å². The highest BCUT2D eigenvalue weighted by Gasteiger charge is 2.31. The van der Waals surface area contributed by atoms with Crippen LogP contribution in [0.3, 0.4) is 0 Å². The second kappa shape index (κ2) is 8.22. The Morgan fingerprint density at radius 3 is 2.66 bits per heavy atom. The largest absolute Gasteiger partial charge is 0.329 e. The van der Waals surface area contributed by atoms with Crippen LogP contribution in [-0.4, -0.2) is 37.3 Å². The number of rotatable bonds is 5. The number of piperidine rings is 1. The van der Waals surface area contributed by atoms with E-state index in [-0.39, 0.29) is 16.8 Å². The lowest BCUT2D eigenvalue weighted by Crippen LogP contribution is -2.38. The molecule has 1 aliphatic heterocycles. The van der Waals surface area contributed by atoms with Crippen molar-refractivity contribution in [2.45, 2.75) is 37.1 Å². The predicted octanol–water partition coefficient (Wildman–Crippen LogP) is 3.96.